The number of carbonyl (C=O) groups is 1. The lowest BCUT2D eigenvalue weighted by Crippen LogP contribution is -2.33. The number of rotatable bonds is 4. The first-order valence-corrected chi connectivity index (χ1v) is 5.02. The molecule has 4 nitrogen and oxygen atoms in total. The zero-order valence-electron chi connectivity index (χ0n) is 9.29. The topological polar surface area (TPSA) is 64.3 Å². The summed E-state index contributed by atoms with van der Waals surface area (Å²) in [5, 5.41) is 0. The van der Waals surface area contributed by atoms with E-state index in [-0.39, 0.29) is 11.7 Å². The molecule has 0 heterocycles. The molecule has 3 N–H and O–H groups in total. The molecular formula is C11H15FN2O2. The second kappa shape index (κ2) is 5.46. The van der Waals surface area contributed by atoms with Crippen molar-refractivity contribution >= 4 is 5.91 Å². The van der Waals surface area contributed by atoms with E-state index in [0.29, 0.717) is 12.2 Å². The first-order chi connectivity index (χ1) is 7.60. The normalized spacial score (nSPS) is 12.0. The largest absolute Gasteiger partial charge is 0.491 e. The molecule has 0 bridgehead atoms. The number of hydrazine groups is 1. The molecule has 1 unspecified atom stereocenters. The number of nitrogens with one attached hydrogen (secondary N) is 1. The lowest BCUT2D eigenvalue weighted by Gasteiger charge is -2.11. The Labute approximate surface area is 93.6 Å². The van der Waals surface area contributed by atoms with Crippen LogP contribution in [0.2, 0.25) is 0 Å². The summed E-state index contributed by atoms with van der Waals surface area (Å²) in [6.07, 6.45) is 0. The SMILES string of the molecule is CCOc1ccc(C(C)C(=O)NN)cc1F. The van der Waals surface area contributed by atoms with E-state index in [4.69, 9.17) is 10.6 Å². The number of hydrogen-bond acceptors (Lipinski definition) is 3. The molecule has 1 amide bonds. The van der Waals surface area contributed by atoms with Gasteiger partial charge in [-0.15, -0.1) is 0 Å². The quantitative estimate of drug-likeness (QED) is 0.462. The molecule has 0 aliphatic rings. The predicted octanol–water partition coefficient (Wildman–Crippen LogP) is 1.32. The van der Waals surface area contributed by atoms with Crippen LogP contribution in [0.3, 0.4) is 0 Å². The molecule has 1 aromatic rings. The molecule has 5 heteroatoms. The van der Waals surface area contributed by atoms with E-state index in [1.807, 2.05) is 5.43 Å². The molecule has 0 aliphatic carbocycles. The fourth-order valence-electron chi connectivity index (χ4n) is 1.34. The van der Waals surface area contributed by atoms with Gasteiger partial charge in [-0.25, -0.2) is 10.2 Å². The predicted molar refractivity (Wildman–Crippen MR) is 58.3 cm³/mol. The van der Waals surface area contributed by atoms with Crippen LogP contribution >= 0.6 is 0 Å². The molecule has 1 aromatic carbocycles. The van der Waals surface area contributed by atoms with Crippen LogP contribution < -0.4 is 16.0 Å². The van der Waals surface area contributed by atoms with Crippen molar-refractivity contribution in [3.8, 4) is 5.75 Å². The Morgan fingerprint density at radius 2 is 2.31 bits per heavy atom. The molecule has 88 valence electrons. The van der Waals surface area contributed by atoms with Gasteiger partial charge >= 0.3 is 0 Å². The van der Waals surface area contributed by atoms with Crippen molar-refractivity contribution in [1.29, 1.82) is 0 Å². The summed E-state index contributed by atoms with van der Waals surface area (Å²) in [5.41, 5.74) is 2.59. The molecule has 0 spiro atoms. The van der Waals surface area contributed by atoms with Crippen molar-refractivity contribution in [2.75, 3.05) is 6.61 Å². The van der Waals surface area contributed by atoms with E-state index in [1.54, 1.807) is 19.9 Å². The number of ether oxygens (including phenoxy) is 1. The third-order valence-electron chi connectivity index (χ3n) is 2.29. The van der Waals surface area contributed by atoms with Crippen molar-refractivity contribution in [1.82, 2.24) is 5.43 Å². The van der Waals surface area contributed by atoms with Crippen LogP contribution in [0.1, 0.15) is 25.3 Å². The Kier molecular flexibility index (Phi) is 4.25. The number of halogens is 1. The Hall–Kier alpha value is -1.62. The summed E-state index contributed by atoms with van der Waals surface area (Å²) in [6.45, 7) is 3.82. The Morgan fingerprint density at radius 3 is 2.81 bits per heavy atom. The highest BCUT2D eigenvalue weighted by atomic mass is 19.1. The summed E-state index contributed by atoms with van der Waals surface area (Å²) in [6, 6.07) is 4.44. The summed E-state index contributed by atoms with van der Waals surface area (Å²) in [7, 11) is 0. The average Bonchev–Trinajstić information content (AvgIpc) is 2.30. The fourth-order valence-corrected chi connectivity index (χ4v) is 1.34. The molecule has 0 saturated carbocycles. The number of nitrogens with two attached hydrogens (primary N) is 1. The van der Waals surface area contributed by atoms with Gasteiger partial charge in [0.1, 0.15) is 0 Å². The monoisotopic (exact) mass is 226 g/mol. The lowest BCUT2D eigenvalue weighted by molar-refractivity contribution is -0.122. The highest BCUT2D eigenvalue weighted by Crippen LogP contribution is 2.23. The van der Waals surface area contributed by atoms with Crippen LogP contribution in [0.25, 0.3) is 0 Å². The molecule has 0 radical (unpaired) electrons. The Bertz CT molecular complexity index is 382. The molecule has 1 atom stereocenters. The van der Waals surface area contributed by atoms with E-state index in [9.17, 15) is 9.18 Å². The summed E-state index contributed by atoms with van der Waals surface area (Å²) >= 11 is 0. The first-order valence-electron chi connectivity index (χ1n) is 5.02. The third kappa shape index (κ3) is 2.70. The highest BCUT2D eigenvalue weighted by molar-refractivity contribution is 5.82. The van der Waals surface area contributed by atoms with Gasteiger partial charge in [0.2, 0.25) is 5.91 Å². The van der Waals surface area contributed by atoms with Gasteiger partial charge in [-0.3, -0.25) is 10.2 Å². The van der Waals surface area contributed by atoms with Crippen LogP contribution in [0, 0.1) is 5.82 Å². The van der Waals surface area contributed by atoms with E-state index >= 15 is 0 Å². The summed E-state index contributed by atoms with van der Waals surface area (Å²) < 4.78 is 18.5. The zero-order chi connectivity index (χ0) is 12.1. The highest BCUT2D eigenvalue weighted by Gasteiger charge is 2.15. The van der Waals surface area contributed by atoms with Gasteiger partial charge in [0.05, 0.1) is 12.5 Å². The Morgan fingerprint density at radius 1 is 1.62 bits per heavy atom. The second-order valence-electron chi connectivity index (χ2n) is 3.35. The van der Waals surface area contributed by atoms with Crippen molar-refractivity contribution in [2.24, 2.45) is 5.84 Å². The van der Waals surface area contributed by atoms with Crippen LogP contribution in [-0.2, 0) is 4.79 Å². The number of hydrogen-bond donors (Lipinski definition) is 2. The smallest absolute Gasteiger partial charge is 0.241 e. The third-order valence-corrected chi connectivity index (χ3v) is 2.29. The van der Waals surface area contributed by atoms with Crippen LogP contribution in [0.15, 0.2) is 18.2 Å². The minimum atomic E-state index is -0.491. The van der Waals surface area contributed by atoms with E-state index in [2.05, 4.69) is 0 Å². The van der Waals surface area contributed by atoms with Crippen LogP contribution in [-0.4, -0.2) is 12.5 Å². The van der Waals surface area contributed by atoms with Crippen molar-refractivity contribution in [3.63, 3.8) is 0 Å². The van der Waals surface area contributed by atoms with Gasteiger partial charge < -0.3 is 4.74 Å². The molecule has 0 fully saturated rings. The minimum absolute atomic E-state index is 0.187. The van der Waals surface area contributed by atoms with Crippen LogP contribution in [0.5, 0.6) is 5.75 Å². The summed E-state index contributed by atoms with van der Waals surface area (Å²) in [5.74, 6) is 3.87. The molecule has 0 aliphatic heterocycles. The minimum Gasteiger partial charge on any atom is -0.491 e. The standard InChI is InChI=1S/C11H15FN2O2/c1-3-16-10-5-4-8(6-9(10)12)7(2)11(15)14-13/h4-7H,3,13H2,1-2H3,(H,14,15). The molecule has 16 heavy (non-hydrogen) atoms. The second-order valence-corrected chi connectivity index (χ2v) is 3.35. The zero-order valence-corrected chi connectivity index (χ0v) is 9.29. The van der Waals surface area contributed by atoms with Gasteiger partial charge in [-0.1, -0.05) is 6.07 Å². The molecule has 1 rings (SSSR count). The number of amides is 1. The maximum absolute atomic E-state index is 13.5. The van der Waals surface area contributed by atoms with Crippen molar-refractivity contribution < 1.29 is 13.9 Å². The van der Waals surface area contributed by atoms with Crippen molar-refractivity contribution in [2.45, 2.75) is 19.8 Å². The van der Waals surface area contributed by atoms with Crippen LogP contribution in [0.4, 0.5) is 4.39 Å². The van der Waals surface area contributed by atoms with E-state index in [1.165, 1.54) is 12.1 Å². The van der Waals surface area contributed by atoms with Crippen molar-refractivity contribution in [3.05, 3.63) is 29.6 Å². The van der Waals surface area contributed by atoms with E-state index in [0.717, 1.165) is 0 Å². The number of benzene rings is 1. The van der Waals surface area contributed by atoms with E-state index < -0.39 is 11.7 Å². The first kappa shape index (κ1) is 12.4. The molecule has 0 aromatic heterocycles. The van der Waals surface area contributed by atoms with Gasteiger partial charge in [0.25, 0.3) is 0 Å². The molecule has 0 saturated heterocycles. The van der Waals surface area contributed by atoms with Gasteiger partial charge in [-0.2, -0.15) is 0 Å². The molecular weight excluding hydrogens is 211 g/mol. The van der Waals surface area contributed by atoms with Gasteiger partial charge in [0.15, 0.2) is 11.6 Å². The maximum Gasteiger partial charge on any atom is 0.241 e. The number of carbonyl (C=O) groups excluding carboxylic acids is 1. The Balaban J connectivity index is 2.92. The maximum atomic E-state index is 13.5. The van der Waals surface area contributed by atoms with Gasteiger partial charge in [0, 0.05) is 0 Å². The summed E-state index contributed by atoms with van der Waals surface area (Å²) in [4.78, 5) is 11.2. The fraction of sp³-hybridized carbons (Fsp3) is 0.364. The average molecular weight is 226 g/mol. The lowest BCUT2D eigenvalue weighted by atomic mass is 10.0. The van der Waals surface area contributed by atoms with Gasteiger partial charge in [-0.05, 0) is 31.5 Å².